The molecular weight excluding hydrogens is 338 g/mol. The van der Waals surface area contributed by atoms with Crippen molar-refractivity contribution >= 4 is 23.7 Å². The maximum Gasteiger partial charge on any atom is 0.329 e. The van der Waals surface area contributed by atoms with E-state index < -0.39 is 28.3 Å². The molecule has 1 aliphatic heterocycles. The number of imide groups is 1. The van der Waals surface area contributed by atoms with Crippen LogP contribution in [0, 0.1) is 17.0 Å². The predicted molar refractivity (Wildman–Crippen MR) is 93.0 cm³/mol. The molecule has 2 aromatic carbocycles. The average Bonchev–Trinajstić information content (AvgIpc) is 2.84. The van der Waals surface area contributed by atoms with Crippen molar-refractivity contribution in [3.05, 3.63) is 75.0 Å². The molecule has 0 spiro atoms. The quantitative estimate of drug-likeness (QED) is 0.380. The Labute approximate surface area is 148 Å². The van der Waals surface area contributed by atoms with Crippen LogP contribution in [-0.2, 0) is 11.3 Å². The number of hydrogen-bond donors (Lipinski definition) is 2. The number of phenolic OH excluding ortho intramolecular Hbond substituents is 1. The van der Waals surface area contributed by atoms with Gasteiger partial charge >= 0.3 is 11.7 Å². The van der Waals surface area contributed by atoms with Crippen molar-refractivity contribution in [2.24, 2.45) is 0 Å². The van der Waals surface area contributed by atoms with Gasteiger partial charge in [-0.25, -0.2) is 4.79 Å². The van der Waals surface area contributed by atoms with Crippen molar-refractivity contribution in [1.29, 1.82) is 0 Å². The molecule has 0 bridgehead atoms. The lowest BCUT2D eigenvalue weighted by atomic mass is 10.1. The molecule has 0 atom stereocenters. The lowest BCUT2D eigenvalue weighted by Gasteiger charge is -2.12. The van der Waals surface area contributed by atoms with Crippen LogP contribution in [0.25, 0.3) is 6.08 Å². The third kappa shape index (κ3) is 3.39. The Kier molecular flexibility index (Phi) is 4.40. The second kappa shape index (κ2) is 6.67. The number of aryl methyl sites for hydroxylation is 1. The zero-order valence-corrected chi connectivity index (χ0v) is 13.8. The van der Waals surface area contributed by atoms with E-state index in [0.717, 1.165) is 28.2 Å². The second-order valence-corrected chi connectivity index (χ2v) is 5.87. The van der Waals surface area contributed by atoms with Crippen LogP contribution >= 0.6 is 0 Å². The third-order valence-corrected chi connectivity index (χ3v) is 3.89. The van der Waals surface area contributed by atoms with Crippen LogP contribution in [0.3, 0.4) is 0 Å². The predicted octanol–water partition coefficient (Wildman–Crippen LogP) is 2.70. The molecule has 2 N–H and O–H groups in total. The van der Waals surface area contributed by atoms with Gasteiger partial charge in [-0.05, 0) is 30.2 Å². The molecule has 0 aromatic heterocycles. The molecule has 26 heavy (non-hydrogen) atoms. The van der Waals surface area contributed by atoms with Crippen LogP contribution in [-0.4, -0.2) is 26.9 Å². The number of benzene rings is 2. The number of nitro benzene ring substituents is 1. The van der Waals surface area contributed by atoms with E-state index in [-0.39, 0.29) is 12.2 Å². The molecule has 2 aromatic rings. The average molecular weight is 353 g/mol. The first kappa shape index (κ1) is 17.2. The second-order valence-electron chi connectivity index (χ2n) is 5.87. The molecule has 132 valence electrons. The van der Waals surface area contributed by atoms with Gasteiger partial charge in [-0.3, -0.25) is 19.8 Å². The van der Waals surface area contributed by atoms with Gasteiger partial charge in [0.25, 0.3) is 5.91 Å². The van der Waals surface area contributed by atoms with Crippen LogP contribution in [0.2, 0.25) is 0 Å². The minimum Gasteiger partial charge on any atom is -0.502 e. The van der Waals surface area contributed by atoms with Gasteiger partial charge in [0.05, 0.1) is 11.5 Å². The van der Waals surface area contributed by atoms with E-state index in [4.69, 9.17) is 0 Å². The molecule has 8 heteroatoms. The maximum absolute atomic E-state index is 12.5. The topological polar surface area (TPSA) is 113 Å². The Morgan fingerprint density at radius 2 is 2.00 bits per heavy atom. The summed E-state index contributed by atoms with van der Waals surface area (Å²) >= 11 is 0. The summed E-state index contributed by atoms with van der Waals surface area (Å²) in [7, 11) is 0. The first-order valence-corrected chi connectivity index (χ1v) is 7.72. The fourth-order valence-corrected chi connectivity index (χ4v) is 2.65. The summed E-state index contributed by atoms with van der Waals surface area (Å²) in [5.41, 5.74) is 1.68. The van der Waals surface area contributed by atoms with Gasteiger partial charge in [0.2, 0.25) is 0 Å². The lowest BCUT2D eigenvalue weighted by Crippen LogP contribution is -2.30. The number of hydrogen-bond acceptors (Lipinski definition) is 5. The Morgan fingerprint density at radius 3 is 2.69 bits per heavy atom. The zero-order valence-electron chi connectivity index (χ0n) is 13.8. The fourth-order valence-electron chi connectivity index (χ4n) is 2.65. The minimum absolute atomic E-state index is 0.0163. The van der Waals surface area contributed by atoms with Crippen molar-refractivity contribution in [2.45, 2.75) is 13.5 Å². The first-order valence-electron chi connectivity index (χ1n) is 7.72. The summed E-state index contributed by atoms with van der Waals surface area (Å²) in [6.07, 6.45) is 1.34. The lowest BCUT2D eigenvalue weighted by molar-refractivity contribution is -0.385. The zero-order chi connectivity index (χ0) is 18.8. The van der Waals surface area contributed by atoms with Crippen LogP contribution in [0.1, 0.15) is 16.7 Å². The van der Waals surface area contributed by atoms with Gasteiger partial charge in [0, 0.05) is 6.07 Å². The fraction of sp³-hybridized carbons (Fsp3) is 0.111. The number of aromatic hydroxyl groups is 1. The van der Waals surface area contributed by atoms with E-state index in [9.17, 15) is 24.8 Å². The van der Waals surface area contributed by atoms with E-state index >= 15 is 0 Å². The molecule has 8 nitrogen and oxygen atoms in total. The highest BCUT2D eigenvalue weighted by atomic mass is 16.6. The molecule has 0 unspecified atom stereocenters. The van der Waals surface area contributed by atoms with Gasteiger partial charge in [0.15, 0.2) is 5.75 Å². The largest absolute Gasteiger partial charge is 0.502 e. The SMILES string of the molecule is Cc1cccc(CN2C(=O)N/C(=C/c3ccc(O)c([N+](=O)[O-])c3)C2=O)c1. The monoisotopic (exact) mass is 353 g/mol. The van der Waals surface area contributed by atoms with Gasteiger partial charge in [0.1, 0.15) is 5.70 Å². The van der Waals surface area contributed by atoms with Crippen molar-refractivity contribution in [3.8, 4) is 5.75 Å². The number of amides is 3. The standard InChI is InChI=1S/C18H15N3O5/c1-11-3-2-4-13(7-11)10-20-17(23)14(19-18(20)24)8-12-5-6-16(22)15(9-12)21(25)26/h2-9,22H,10H2,1H3,(H,19,24)/b14-8+. The number of carbonyl (C=O) groups excluding carboxylic acids is 2. The van der Waals surface area contributed by atoms with E-state index in [1.807, 2.05) is 31.2 Å². The van der Waals surface area contributed by atoms with E-state index in [0.29, 0.717) is 5.56 Å². The molecule has 1 fully saturated rings. The van der Waals surface area contributed by atoms with E-state index in [1.165, 1.54) is 12.1 Å². The summed E-state index contributed by atoms with van der Waals surface area (Å²) in [6, 6.07) is 10.6. The van der Waals surface area contributed by atoms with Crippen LogP contribution in [0.5, 0.6) is 5.75 Å². The molecular formula is C18H15N3O5. The highest BCUT2D eigenvalue weighted by Gasteiger charge is 2.33. The number of urea groups is 1. The number of nitro groups is 1. The number of phenols is 1. The smallest absolute Gasteiger partial charge is 0.329 e. The number of nitrogens with one attached hydrogen (secondary N) is 1. The Bertz CT molecular complexity index is 952. The first-order chi connectivity index (χ1) is 12.3. The molecule has 3 rings (SSSR count). The number of carbonyl (C=O) groups is 2. The number of nitrogens with zero attached hydrogens (tertiary/aromatic N) is 2. The molecule has 0 radical (unpaired) electrons. The molecule has 1 saturated heterocycles. The van der Waals surface area contributed by atoms with E-state index in [1.54, 1.807) is 0 Å². The molecule has 1 heterocycles. The Hall–Kier alpha value is -3.68. The van der Waals surface area contributed by atoms with Crippen molar-refractivity contribution in [3.63, 3.8) is 0 Å². The van der Waals surface area contributed by atoms with Gasteiger partial charge in [-0.15, -0.1) is 0 Å². The third-order valence-electron chi connectivity index (χ3n) is 3.89. The highest BCUT2D eigenvalue weighted by molar-refractivity contribution is 6.13. The van der Waals surface area contributed by atoms with Crippen molar-refractivity contribution in [1.82, 2.24) is 10.2 Å². The highest BCUT2D eigenvalue weighted by Crippen LogP contribution is 2.27. The van der Waals surface area contributed by atoms with Gasteiger partial charge < -0.3 is 10.4 Å². The Morgan fingerprint density at radius 1 is 1.23 bits per heavy atom. The molecule has 0 saturated carbocycles. The van der Waals surface area contributed by atoms with Gasteiger partial charge in [-0.2, -0.15) is 0 Å². The van der Waals surface area contributed by atoms with Gasteiger partial charge in [-0.1, -0.05) is 35.9 Å². The summed E-state index contributed by atoms with van der Waals surface area (Å²) in [5.74, 6) is -0.993. The minimum atomic E-state index is -0.726. The molecule has 0 aliphatic carbocycles. The summed E-state index contributed by atoms with van der Waals surface area (Å²) in [6.45, 7) is 2.04. The summed E-state index contributed by atoms with van der Waals surface area (Å²) < 4.78 is 0. The number of rotatable bonds is 4. The summed E-state index contributed by atoms with van der Waals surface area (Å²) in [5, 5.41) is 22.8. The maximum atomic E-state index is 12.5. The molecule has 3 amide bonds. The van der Waals surface area contributed by atoms with E-state index in [2.05, 4.69) is 5.32 Å². The van der Waals surface area contributed by atoms with Crippen molar-refractivity contribution in [2.75, 3.05) is 0 Å². The normalized spacial score (nSPS) is 15.4. The van der Waals surface area contributed by atoms with Crippen LogP contribution in [0.4, 0.5) is 10.5 Å². The van der Waals surface area contributed by atoms with Crippen LogP contribution < -0.4 is 5.32 Å². The molecule has 1 aliphatic rings. The van der Waals surface area contributed by atoms with Crippen molar-refractivity contribution < 1.29 is 19.6 Å². The summed E-state index contributed by atoms with van der Waals surface area (Å²) in [4.78, 5) is 35.8. The Balaban J connectivity index is 1.85. The van der Waals surface area contributed by atoms with Crippen LogP contribution in [0.15, 0.2) is 48.2 Å².